The van der Waals surface area contributed by atoms with E-state index in [0.29, 0.717) is 32.7 Å². The molecule has 0 spiro atoms. The molecule has 110 valence electrons. The lowest BCUT2D eigenvalue weighted by Crippen LogP contribution is -2.54. The topological polar surface area (TPSA) is 78.7 Å². The fourth-order valence-corrected chi connectivity index (χ4v) is 2.90. The zero-order chi connectivity index (χ0) is 14.5. The molecule has 1 atom stereocenters. The third-order valence-electron chi connectivity index (χ3n) is 3.32. The number of nitrogens with one attached hydrogen (secondary N) is 1. The Hall–Kier alpha value is -1.60. The van der Waals surface area contributed by atoms with Crippen LogP contribution in [0.1, 0.15) is 17.8 Å². The van der Waals surface area contributed by atoms with E-state index in [9.17, 15) is 9.59 Å². The van der Waals surface area contributed by atoms with E-state index in [2.05, 4.69) is 5.32 Å². The van der Waals surface area contributed by atoms with Gasteiger partial charge >= 0.3 is 6.03 Å². The normalized spacial score (nSPS) is 16.9. The molecular formula is C13H20N4O2S. The van der Waals surface area contributed by atoms with Gasteiger partial charge in [-0.25, -0.2) is 4.79 Å². The van der Waals surface area contributed by atoms with E-state index in [1.54, 1.807) is 9.80 Å². The average molecular weight is 296 g/mol. The summed E-state index contributed by atoms with van der Waals surface area (Å²) in [5, 5.41) is 4.68. The molecule has 3 N–H and O–H groups in total. The number of carbonyl (C=O) groups excluding carboxylic acids is 2. The average Bonchev–Trinajstić information content (AvgIpc) is 3.00. The van der Waals surface area contributed by atoms with Crippen LogP contribution >= 0.6 is 11.3 Å². The fraction of sp³-hybridized carbons (Fsp3) is 0.538. The van der Waals surface area contributed by atoms with Crippen molar-refractivity contribution in [1.29, 1.82) is 0 Å². The molecule has 1 fully saturated rings. The highest BCUT2D eigenvalue weighted by molar-refractivity contribution is 7.10. The van der Waals surface area contributed by atoms with Gasteiger partial charge in [0.25, 0.3) is 0 Å². The predicted molar refractivity (Wildman–Crippen MR) is 78.5 cm³/mol. The second kappa shape index (κ2) is 6.71. The van der Waals surface area contributed by atoms with Gasteiger partial charge in [-0.05, 0) is 18.4 Å². The monoisotopic (exact) mass is 296 g/mol. The fourth-order valence-electron chi connectivity index (χ4n) is 2.18. The second-order valence-electron chi connectivity index (χ2n) is 4.64. The van der Waals surface area contributed by atoms with Gasteiger partial charge in [0.05, 0.1) is 0 Å². The van der Waals surface area contributed by atoms with Crippen LogP contribution in [0.3, 0.4) is 0 Å². The quantitative estimate of drug-likeness (QED) is 0.858. The van der Waals surface area contributed by atoms with Gasteiger partial charge in [0.1, 0.15) is 6.04 Å². The maximum atomic E-state index is 12.3. The van der Waals surface area contributed by atoms with Crippen molar-refractivity contribution >= 4 is 23.3 Å². The van der Waals surface area contributed by atoms with Gasteiger partial charge in [-0.15, -0.1) is 11.3 Å². The predicted octanol–water partition coefficient (Wildman–Crippen LogP) is 0.622. The molecule has 20 heavy (non-hydrogen) atoms. The van der Waals surface area contributed by atoms with E-state index in [4.69, 9.17) is 5.73 Å². The molecule has 1 aliphatic heterocycles. The van der Waals surface area contributed by atoms with Crippen molar-refractivity contribution in [3.05, 3.63) is 22.4 Å². The summed E-state index contributed by atoms with van der Waals surface area (Å²) in [5.41, 5.74) is 5.98. The molecule has 1 aromatic rings. The standard InChI is InChI=1S/C13H20N4O2S/c1-2-15-13(19)17-7-5-16(6-8-17)12(18)11(14)10-4-3-9-20-10/h3-4,9,11H,2,5-8,14H2,1H3,(H,15,19). The van der Waals surface area contributed by atoms with Crippen LogP contribution in [0.4, 0.5) is 4.79 Å². The first-order valence-corrected chi connectivity index (χ1v) is 7.62. The van der Waals surface area contributed by atoms with Crippen LogP contribution in [0.15, 0.2) is 17.5 Å². The van der Waals surface area contributed by atoms with Gasteiger partial charge in [0.15, 0.2) is 0 Å². The Morgan fingerprint density at radius 1 is 1.35 bits per heavy atom. The molecule has 0 aliphatic carbocycles. The molecule has 1 unspecified atom stereocenters. The Bertz CT molecular complexity index is 455. The molecule has 0 bridgehead atoms. The van der Waals surface area contributed by atoms with E-state index < -0.39 is 6.04 Å². The summed E-state index contributed by atoms with van der Waals surface area (Å²) in [6.07, 6.45) is 0. The highest BCUT2D eigenvalue weighted by atomic mass is 32.1. The van der Waals surface area contributed by atoms with E-state index in [1.807, 2.05) is 24.4 Å². The van der Waals surface area contributed by atoms with Crippen LogP contribution in [0.25, 0.3) is 0 Å². The Morgan fingerprint density at radius 2 is 2.00 bits per heavy atom. The van der Waals surface area contributed by atoms with Crippen molar-refractivity contribution < 1.29 is 9.59 Å². The third-order valence-corrected chi connectivity index (χ3v) is 4.28. The van der Waals surface area contributed by atoms with E-state index in [0.717, 1.165) is 4.88 Å². The maximum Gasteiger partial charge on any atom is 0.317 e. The second-order valence-corrected chi connectivity index (χ2v) is 5.62. The Morgan fingerprint density at radius 3 is 2.55 bits per heavy atom. The number of hydrogen-bond donors (Lipinski definition) is 2. The molecule has 6 nitrogen and oxygen atoms in total. The van der Waals surface area contributed by atoms with Crippen molar-refractivity contribution in [2.45, 2.75) is 13.0 Å². The maximum absolute atomic E-state index is 12.3. The van der Waals surface area contributed by atoms with Crippen molar-refractivity contribution in [3.63, 3.8) is 0 Å². The molecule has 1 saturated heterocycles. The molecule has 7 heteroatoms. The third kappa shape index (κ3) is 3.29. The summed E-state index contributed by atoms with van der Waals surface area (Å²) in [7, 11) is 0. The van der Waals surface area contributed by atoms with Crippen molar-refractivity contribution in [2.75, 3.05) is 32.7 Å². The smallest absolute Gasteiger partial charge is 0.317 e. The van der Waals surface area contributed by atoms with Crippen molar-refractivity contribution in [2.24, 2.45) is 5.73 Å². The van der Waals surface area contributed by atoms with Crippen LogP contribution in [0.5, 0.6) is 0 Å². The summed E-state index contributed by atoms with van der Waals surface area (Å²) in [6, 6.07) is 3.10. The van der Waals surface area contributed by atoms with Crippen molar-refractivity contribution in [3.8, 4) is 0 Å². The molecule has 1 aliphatic rings. The first-order valence-electron chi connectivity index (χ1n) is 6.74. The van der Waals surface area contributed by atoms with E-state index >= 15 is 0 Å². The van der Waals surface area contributed by atoms with E-state index in [-0.39, 0.29) is 11.9 Å². The minimum absolute atomic E-state index is 0.0667. The lowest BCUT2D eigenvalue weighted by molar-refractivity contribution is -0.134. The minimum atomic E-state index is -0.592. The molecule has 0 aromatic carbocycles. The Kier molecular flexibility index (Phi) is 4.97. The summed E-state index contributed by atoms with van der Waals surface area (Å²) in [4.78, 5) is 28.3. The molecule has 1 aromatic heterocycles. The first kappa shape index (κ1) is 14.8. The summed E-state index contributed by atoms with van der Waals surface area (Å²) >= 11 is 1.49. The van der Waals surface area contributed by atoms with Crippen molar-refractivity contribution in [1.82, 2.24) is 15.1 Å². The van der Waals surface area contributed by atoms with Gasteiger partial charge in [-0.1, -0.05) is 6.07 Å². The number of thiophene rings is 1. The van der Waals surface area contributed by atoms with Crippen LogP contribution in [-0.2, 0) is 4.79 Å². The largest absolute Gasteiger partial charge is 0.338 e. The van der Waals surface area contributed by atoms with Gasteiger partial charge in [0.2, 0.25) is 5.91 Å². The number of hydrogen-bond acceptors (Lipinski definition) is 4. The molecular weight excluding hydrogens is 276 g/mol. The van der Waals surface area contributed by atoms with Gasteiger partial charge < -0.3 is 20.9 Å². The molecule has 0 radical (unpaired) electrons. The number of nitrogens with zero attached hydrogens (tertiary/aromatic N) is 2. The van der Waals surface area contributed by atoms with Gasteiger partial charge in [-0.2, -0.15) is 0 Å². The molecule has 0 saturated carbocycles. The number of piperazine rings is 1. The number of carbonyl (C=O) groups is 2. The number of rotatable bonds is 3. The van der Waals surface area contributed by atoms with Crippen LogP contribution in [-0.4, -0.2) is 54.5 Å². The van der Waals surface area contributed by atoms with Crippen LogP contribution < -0.4 is 11.1 Å². The molecule has 3 amide bonds. The lowest BCUT2D eigenvalue weighted by atomic mass is 10.2. The summed E-state index contributed by atoms with van der Waals surface area (Å²) in [6.45, 7) is 4.67. The molecule has 2 heterocycles. The Labute approximate surface area is 122 Å². The summed E-state index contributed by atoms with van der Waals surface area (Å²) < 4.78 is 0. The highest BCUT2D eigenvalue weighted by Crippen LogP contribution is 2.19. The number of urea groups is 1. The summed E-state index contributed by atoms with van der Waals surface area (Å²) in [5.74, 6) is -0.0667. The number of amides is 3. The first-order chi connectivity index (χ1) is 9.63. The van der Waals surface area contributed by atoms with Crippen LogP contribution in [0, 0.1) is 0 Å². The zero-order valence-electron chi connectivity index (χ0n) is 11.5. The minimum Gasteiger partial charge on any atom is -0.338 e. The Balaban J connectivity index is 1.87. The number of nitrogens with two attached hydrogens (primary N) is 1. The lowest BCUT2D eigenvalue weighted by Gasteiger charge is -2.35. The van der Waals surface area contributed by atoms with Crippen LogP contribution in [0.2, 0.25) is 0 Å². The highest BCUT2D eigenvalue weighted by Gasteiger charge is 2.28. The van der Waals surface area contributed by atoms with Gasteiger partial charge in [-0.3, -0.25) is 4.79 Å². The van der Waals surface area contributed by atoms with E-state index in [1.165, 1.54) is 11.3 Å². The zero-order valence-corrected chi connectivity index (χ0v) is 12.4. The van der Waals surface area contributed by atoms with Gasteiger partial charge in [0, 0.05) is 37.6 Å². The SMILES string of the molecule is CCNC(=O)N1CCN(C(=O)C(N)c2cccs2)CC1. The molecule has 2 rings (SSSR count).